The number of carbonyl (C=O) groups excluding carboxylic acids is 1. The lowest BCUT2D eigenvalue weighted by molar-refractivity contribution is 0.102. The van der Waals surface area contributed by atoms with Crippen molar-refractivity contribution in [3.63, 3.8) is 0 Å². The van der Waals surface area contributed by atoms with Crippen molar-refractivity contribution in [2.45, 2.75) is 0 Å². The number of ether oxygens (including phenoxy) is 1. The van der Waals surface area contributed by atoms with E-state index in [1.54, 1.807) is 37.8 Å². The van der Waals surface area contributed by atoms with Gasteiger partial charge in [-0.15, -0.1) is 0 Å². The first kappa shape index (κ1) is 14.1. The monoisotopic (exact) mass is 274 g/mol. The first-order valence-electron chi connectivity index (χ1n) is 6.31. The van der Waals surface area contributed by atoms with Crippen molar-refractivity contribution < 1.29 is 9.53 Å². The Bertz CT molecular complexity index is 537. The van der Waals surface area contributed by atoms with Gasteiger partial charge in [0.2, 0.25) is 0 Å². The molecular formula is C14H18N4O2. The molecule has 2 heterocycles. The van der Waals surface area contributed by atoms with Crippen LogP contribution >= 0.6 is 0 Å². The van der Waals surface area contributed by atoms with Gasteiger partial charge in [0, 0.05) is 33.1 Å². The van der Waals surface area contributed by atoms with E-state index in [1.165, 1.54) is 0 Å². The maximum absolute atomic E-state index is 11.8. The number of nitrogens with one attached hydrogen (secondary N) is 2. The molecule has 106 valence electrons. The normalized spacial score (nSPS) is 10.3. The molecule has 0 bridgehead atoms. The third-order valence-corrected chi connectivity index (χ3v) is 2.92. The summed E-state index contributed by atoms with van der Waals surface area (Å²) in [5, 5.41) is 2.74. The van der Waals surface area contributed by atoms with Crippen LogP contribution in [0.3, 0.4) is 0 Å². The van der Waals surface area contributed by atoms with Crippen molar-refractivity contribution in [2.24, 2.45) is 0 Å². The van der Waals surface area contributed by atoms with Crippen LogP contribution in [0.25, 0.3) is 0 Å². The summed E-state index contributed by atoms with van der Waals surface area (Å²) >= 11 is 0. The van der Waals surface area contributed by atoms with Crippen LogP contribution in [-0.4, -0.2) is 43.2 Å². The van der Waals surface area contributed by atoms with Crippen LogP contribution < -0.4 is 10.2 Å². The minimum atomic E-state index is -0.181. The van der Waals surface area contributed by atoms with Gasteiger partial charge < -0.3 is 19.9 Å². The summed E-state index contributed by atoms with van der Waals surface area (Å²) in [5.41, 5.74) is 1.55. The summed E-state index contributed by atoms with van der Waals surface area (Å²) < 4.78 is 5.03. The maximum atomic E-state index is 11.8. The Morgan fingerprint density at radius 3 is 2.90 bits per heavy atom. The van der Waals surface area contributed by atoms with Gasteiger partial charge in [0.05, 0.1) is 24.1 Å². The third-order valence-electron chi connectivity index (χ3n) is 2.92. The van der Waals surface area contributed by atoms with Crippen molar-refractivity contribution >= 4 is 17.4 Å². The number of carbonyl (C=O) groups is 1. The molecule has 0 spiro atoms. The molecule has 2 N–H and O–H groups in total. The lowest BCUT2D eigenvalue weighted by atomic mass is 10.3. The summed E-state index contributed by atoms with van der Waals surface area (Å²) in [5.74, 6) is 0.347. The number of methoxy groups -OCH3 is 1. The van der Waals surface area contributed by atoms with E-state index in [9.17, 15) is 4.79 Å². The Morgan fingerprint density at radius 1 is 1.45 bits per heavy atom. The fraction of sp³-hybridized carbons (Fsp3) is 0.286. The zero-order chi connectivity index (χ0) is 14.4. The molecule has 0 unspecified atom stereocenters. The Morgan fingerprint density at radius 2 is 2.30 bits per heavy atom. The minimum absolute atomic E-state index is 0.181. The van der Waals surface area contributed by atoms with Gasteiger partial charge >= 0.3 is 0 Å². The van der Waals surface area contributed by atoms with Crippen LogP contribution in [0.4, 0.5) is 11.5 Å². The highest BCUT2D eigenvalue weighted by Crippen LogP contribution is 2.14. The standard InChI is InChI=1S/C14H18N4O2/c1-18(7-8-20-2)12-3-4-13(16-10-12)17-14(19)11-5-6-15-9-11/h3-6,9-10,15H,7-8H2,1-2H3,(H,16,17,19). The summed E-state index contributed by atoms with van der Waals surface area (Å²) in [6.45, 7) is 1.44. The van der Waals surface area contributed by atoms with Crippen molar-refractivity contribution in [2.75, 3.05) is 37.5 Å². The number of pyridine rings is 1. The van der Waals surface area contributed by atoms with Crippen molar-refractivity contribution in [1.29, 1.82) is 0 Å². The van der Waals surface area contributed by atoms with E-state index in [1.807, 2.05) is 18.0 Å². The number of hydrogen-bond acceptors (Lipinski definition) is 4. The molecule has 0 atom stereocenters. The highest BCUT2D eigenvalue weighted by Gasteiger charge is 2.07. The number of anilines is 2. The summed E-state index contributed by atoms with van der Waals surface area (Å²) in [4.78, 5) is 20.9. The number of nitrogens with zero attached hydrogens (tertiary/aromatic N) is 2. The molecule has 6 heteroatoms. The highest BCUT2D eigenvalue weighted by molar-refractivity contribution is 6.03. The molecule has 0 aliphatic heterocycles. The van der Waals surface area contributed by atoms with E-state index in [0.717, 1.165) is 12.2 Å². The first-order valence-corrected chi connectivity index (χ1v) is 6.31. The predicted octanol–water partition coefficient (Wildman–Crippen LogP) is 1.74. The second-order valence-electron chi connectivity index (χ2n) is 4.37. The van der Waals surface area contributed by atoms with Gasteiger partial charge in [-0.3, -0.25) is 4.79 Å². The maximum Gasteiger partial charge on any atom is 0.258 e. The number of rotatable bonds is 6. The quantitative estimate of drug-likeness (QED) is 0.842. The average Bonchev–Trinajstić information content (AvgIpc) is 3.00. The van der Waals surface area contributed by atoms with Crippen molar-refractivity contribution in [3.05, 3.63) is 42.4 Å². The van der Waals surface area contributed by atoms with Gasteiger partial charge in [-0.1, -0.05) is 0 Å². The largest absolute Gasteiger partial charge is 0.383 e. The second-order valence-corrected chi connectivity index (χ2v) is 4.37. The van der Waals surface area contributed by atoms with E-state index in [2.05, 4.69) is 15.3 Å². The van der Waals surface area contributed by atoms with E-state index >= 15 is 0 Å². The zero-order valence-electron chi connectivity index (χ0n) is 11.6. The van der Waals surface area contributed by atoms with Crippen LogP contribution in [0.2, 0.25) is 0 Å². The fourth-order valence-electron chi connectivity index (χ4n) is 1.70. The first-order chi connectivity index (χ1) is 9.70. The second kappa shape index (κ2) is 6.72. The molecule has 2 aromatic rings. The van der Waals surface area contributed by atoms with E-state index < -0.39 is 0 Å². The molecule has 0 aromatic carbocycles. The van der Waals surface area contributed by atoms with Crippen LogP contribution in [0.5, 0.6) is 0 Å². The smallest absolute Gasteiger partial charge is 0.258 e. The van der Waals surface area contributed by atoms with Gasteiger partial charge in [-0.25, -0.2) is 4.98 Å². The number of likely N-dealkylation sites (N-methyl/N-ethyl adjacent to an activating group) is 1. The minimum Gasteiger partial charge on any atom is -0.383 e. The van der Waals surface area contributed by atoms with E-state index in [-0.39, 0.29) is 5.91 Å². The van der Waals surface area contributed by atoms with E-state index in [4.69, 9.17) is 4.74 Å². The van der Waals surface area contributed by atoms with Crippen molar-refractivity contribution in [3.8, 4) is 0 Å². The number of H-pyrrole nitrogens is 1. The molecule has 0 saturated heterocycles. The van der Waals surface area contributed by atoms with Crippen molar-refractivity contribution in [1.82, 2.24) is 9.97 Å². The molecule has 0 fully saturated rings. The van der Waals surface area contributed by atoms with Gasteiger partial charge in [0.15, 0.2) is 0 Å². The molecule has 2 rings (SSSR count). The molecule has 20 heavy (non-hydrogen) atoms. The predicted molar refractivity (Wildman–Crippen MR) is 78.1 cm³/mol. The van der Waals surface area contributed by atoms with Gasteiger partial charge in [0.1, 0.15) is 5.82 Å². The number of aromatic nitrogens is 2. The molecule has 6 nitrogen and oxygen atoms in total. The van der Waals surface area contributed by atoms with Crippen LogP contribution in [-0.2, 0) is 4.74 Å². The van der Waals surface area contributed by atoms with Gasteiger partial charge in [-0.05, 0) is 18.2 Å². The number of amides is 1. The summed E-state index contributed by atoms with van der Waals surface area (Å²) in [7, 11) is 3.64. The average molecular weight is 274 g/mol. The lowest BCUT2D eigenvalue weighted by Gasteiger charge is -2.18. The fourth-order valence-corrected chi connectivity index (χ4v) is 1.70. The van der Waals surface area contributed by atoms with Gasteiger partial charge in [-0.2, -0.15) is 0 Å². The number of hydrogen-bond donors (Lipinski definition) is 2. The molecule has 0 aliphatic carbocycles. The molecule has 2 aromatic heterocycles. The summed E-state index contributed by atoms with van der Waals surface area (Å²) in [6.07, 6.45) is 5.07. The van der Waals surface area contributed by atoms with Gasteiger partial charge in [0.25, 0.3) is 5.91 Å². The third kappa shape index (κ3) is 3.58. The molecule has 0 aliphatic rings. The molecular weight excluding hydrogens is 256 g/mol. The number of aromatic amines is 1. The van der Waals surface area contributed by atoms with Crippen LogP contribution in [0.1, 0.15) is 10.4 Å². The Labute approximate surface area is 117 Å². The molecule has 0 radical (unpaired) electrons. The Balaban J connectivity index is 1.96. The zero-order valence-corrected chi connectivity index (χ0v) is 11.6. The Hall–Kier alpha value is -2.34. The Kier molecular flexibility index (Phi) is 4.73. The summed E-state index contributed by atoms with van der Waals surface area (Å²) in [6, 6.07) is 5.40. The topological polar surface area (TPSA) is 70.2 Å². The highest BCUT2D eigenvalue weighted by atomic mass is 16.5. The van der Waals surface area contributed by atoms with Crippen LogP contribution in [0.15, 0.2) is 36.8 Å². The molecule has 0 saturated carbocycles. The SMILES string of the molecule is COCCN(C)c1ccc(NC(=O)c2cc[nH]c2)nc1. The molecule has 1 amide bonds. The lowest BCUT2D eigenvalue weighted by Crippen LogP contribution is -2.22. The van der Waals surface area contributed by atoms with E-state index in [0.29, 0.717) is 18.0 Å². The van der Waals surface area contributed by atoms with Crippen LogP contribution in [0, 0.1) is 0 Å².